The largest absolute Gasteiger partial charge is 0.493 e. The third-order valence-electron chi connectivity index (χ3n) is 3.67. The van der Waals surface area contributed by atoms with E-state index in [0.717, 1.165) is 34.8 Å². The van der Waals surface area contributed by atoms with Crippen LogP contribution in [-0.4, -0.2) is 30.2 Å². The number of aliphatic hydroxyl groups is 1. The number of aryl methyl sites for hydroxylation is 1. The van der Waals surface area contributed by atoms with Crippen molar-refractivity contribution in [2.75, 3.05) is 19.0 Å². The Morgan fingerprint density at radius 3 is 2.37 bits per heavy atom. The van der Waals surface area contributed by atoms with E-state index in [4.69, 9.17) is 9.47 Å². The van der Waals surface area contributed by atoms with Crippen LogP contribution in [0.4, 0.5) is 13.2 Å². The minimum atomic E-state index is -4.37. The number of hydrogen-bond donors (Lipinski definition) is 1. The maximum Gasteiger partial charge on any atom is 0.416 e. The molecule has 1 N–H and O–H groups in total. The van der Waals surface area contributed by atoms with E-state index in [1.54, 1.807) is 0 Å². The Morgan fingerprint density at radius 1 is 1.07 bits per heavy atom. The highest BCUT2D eigenvalue weighted by atomic mass is 32.2. The summed E-state index contributed by atoms with van der Waals surface area (Å²) in [6, 6.07) is 10.3. The number of alkyl halides is 3. The lowest BCUT2D eigenvalue weighted by molar-refractivity contribution is -0.137. The Labute approximate surface area is 161 Å². The summed E-state index contributed by atoms with van der Waals surface area (Å²) in [5.41, 5.74) is 0.302. The van der Waals surface area contributed by atoms with Gasteiger partial charge in [-0.15, -0.1) is 11.8 Å². The molecule has 1 atom stereocenters. The van der Waals surface area contributed by atoms with E-state index in [0.29, 0.717) is 18.1 Å². The van der Waals surface area contributed by atoms with Crippen LogP contribution in [0.15, 0.2) is 47.4 Å². The molecular weight excluding hydrogens is 377 g/mol. The fourth-order valence-electron chi connectivity index (χ4n) is 2.26. The number of thioether (sulfide) groups is 1. The van der Waals surface area contributed by atoms with E-state index in [9.17, 15) is 18.3 Å². The summed E-state index contributed by atoms with van der Waals surface area (Å²) in [4.78, 5) is 1.00. The number of aliphatic hydroxyl groups excluding tert-OH is 1. The maximum absolute atomic E-state index is 12.5. The number of hydrogen-bond acceptors (Lipinski definition) is 4. The van der Waals surface area contributed by atoms with Crippen molar-refractivity contribution in [3.05, 3.63) is 53.6 Å². The van der Waals surface area contributed by atoms with Gasteiger partial charge in [0.25, 0.3) is 0 Å². The van der Waals surface area contributed by atoms with E-state index < -0.39 is 17.8 Å². The van der Waals surface area contributed by atoms with Crippen LogP contribution in [-0.2, 0) is 6.18 Å². The zero-order valence-electron chi connectivity index (χ0n) is 15.3. The first-order valence-electron chi connectivity index (χ1n) is 8.64. The molecule has 0 aliphatic rings. The van der Waals surface area contributed by atoms with Gasteiger partial charge in [-0.1, -0.05) is 6.92 Å². The van der Waals surface area contributed by atoms with E-state index in [-0.39, 0.29) is 6.61 Å². The van der Waals surface area contributed by atoms with Gasteiger partial charge >= 0.3 is 6.18 Å². The zero-order chi connectivity index (χ0) is 19.9. The van der Waals surface area contributed by atoms with E-state index in [1.807, 2.05) is 32.0 Å². The van der Waals surface area contributed by atoms with Crippen molar-refractivity contribution in [2.24, 2.45) is 0 Å². The minimum absolute atomic E-state index is 0.00897. The lowest BCUT2D eigenvalue weighted by Crippen LogP contribution is -2.20. The molecule has 2 rings (SSSR count). The van der Waals surface area contributed by atoms with Crippen LogP contribution in [0, 0.1) is 6.92 Å². The highest BCUT2D eigenvalue weighted by Gasteiger charge is 2.30. The van der Waals surface area contributed by atoms with Crippen LogP contribution in [0.1, 0.15) is 24.5 Å². The molecule has 0 saturated heterocycles. The quantitative estimate of drug-likeness (QED) is 0.577. The monoisotopic (exact) mass is 400 g/mol. The lowest BCUT2D eigenvalue weighted by atomic mass is 10.2. The summed E-state index contributed by atoms with van der Waals surface area (Å²) in [6.45, 7) is 4.70. The molecule has 3 nitrogen and oxygen atoms in total. The molecule has 0 heterocycles. The molecule has 0 spiro atoms. The second-order valence-corrected chi connectivity index (χ2v) is 7.17. The highest BCUT2D eigenvalue weighted by molar-refractivity contribution is 7.99. The fourth-order valence-corrected chi connectivity index (χ4v) is 3.16. The molecule has 2 aromatic rings. The zero-order valence-corrected chi connectivity index (χ0v) is 16.1. The molecule has 148 valence electrons. The molecule has 0 fully saturated rings. The SMILES string of the molecule is CCCOc1ccc(SC[C@@H](O)COc2ccc(C(F)(F)F)cc2)cc1C. The predicted octanol–water partition coefficient (Wildman–Crippen LogP) is 5.33. The molecule has 2 aromatic carbocycles. The molecule has 0 unspecified atom stereocenters. The van der Waals surface area contributed by atoms with Gasteiger partial charge in [0.1, 0.15) is 18.1 Å². The van der Waals surface area contributed by atoms with Crippen molar-refractivity contribution in [1.29, 1.82) is 0 Å². The van der Waals surface area contributed by atoms with Gasteiger partial charge in [-0.3, -0.25) is 0 Å². The smallest absolute Gasteiger partial charge is 0.416 e. The first-order valence-corrected chi connectivity index (χ1v) is 9.62. The second kappa shape index (κ2) is 9.90. The van der Waals surface area contributed by atoms with Crippen molar-refractivity contribution >= 4 is 11.8 Å². The average Bonchev–Trinajstić information content (AvgIpc) is 2.63. The Bertz CT molecular complexity index is 717. The Morgan fingerprint density at radius 2 is 1.78 bits per heavy atom. The van der Waals surface area contributed by atoms with Crippen molar-refractivity contribution in [3.8, 4) is 11.5 Å². The molecule has 0 radical (unpaired) electrons. The van der Waals surface area contributed by atoms with Crippen molar-refractivity contribution in [3.63, 3.8) is 0 Å². The van der Waals surface area contributed by atoms with Crippen LogP contribution in [0.3, 0.4) is 0 Å². The van der Waals surface area contributed by atoms with Gasteiger partial charge in [0, 0.05) is 10.6 Å². The van der Waals surface area contributed by atoms with Crippen LogP contribution >= 0.6 is 11.8 Å². The molecule has 27 heavy (non-hydrogen) atoms. The molecule has 0 aromatic heterocycles. The number of halogens is 3. The summed E-state index contributed by atoms with van der Waals surface area (Å²) in [7, 11) is 0. The van der Waals surface area contributed by atoms with E-state index in [2.05, 4.69) is 0 Å². The summed E-state index contributed by atoms with van der Waals surface area (Å²) in [6.07, 6.45) is -4.17. The van der Waals surface area contributed by atoms with Gasteiger partial charge in [-0.2, -0.15) is 13.2 Å². The third kappa shape index (κ3) is 6.99. The maximum atomic E-state index is 12.5. The molecular formula is C20H23F3O3S. The third-order valence-corrected chi connectivity index (χ3v) is 4.81. The summed E-state index contributed by atoms with van der Waals surface area (Å²) in [5, 5.41) is 10.0. The van der Waals surface area contributed by atoms with E-state index in [1.165, 1.54) is 23.9 Å². The summed E-state index contributed by atoms with van der Waals surface area (Å²) < 4.78 is 48.5. The van der Waals surface area contributed by atoms with Crippen LogP contribution in [0.25, 0.3) is 0 Å². The normalized spacial score (nSPS) is 12.7. The van der Waals surface area contributed by atoms with Crippen molar-refractivity contribution in [2.45, 2.75) is 37.4 Å². The first kappa shape index (κ1) is 21.4. The summed E-state index contributed by atoms with van der Waals surface area (Å²) >= 11 is 1.48. The molecule has 7 heteroatoms. The Hall–Kier alpha value is -1.86. The van der Waals surface area contributed by atoms with E-state index >= 15 is 0 Å². The lowest BCUT2D eigenvalue weighted by Gasteiger charge is -2.14. The average molecular weight is 400 g/mol. The van der Waals surface area contributed by atoms with Gasteiger partial charge in [-0.05, 0) is 61.4 Å². The van der Waals surface area contributed by atoms with Crippen LogP contribution < -0.4 is 9.47 Å². The number of rotatable bonds is 9. The van der Waals surface area contributed by atoms with Gasteiger partial charge in [-0.25, -0.2) is 0 Å². The van der Waals surface area contributed by atoms with Crippen molar-refractivity contribution < 1.29 is 27.8 Å². The number of ether oxygens (including phenoxy) is 2. The second-order valence-electron chi connectivity index (χ2n) is 6.07. The topological polar surface area (TPSA) is 38.7 Å². The fraction of sp³-hybridized carbons (Fsp3) is 0.400. The molecule has 0 bridgehead atoms. The van der Waals surface area contributed by atoms with Crippen LogP contribution in [0.2, 0.25) is 0 Å². The predicted molar refractivity (Wildman–Crippen MR) is 101 cm³/mol. The molecule has 0 amide bonds. The van der Waals surface area contributed by atoms with Gasteiger partial charge in [0.15, 0.2) is 0 Å². The summed E-state index contributed by atoms with van der Waals surface area (Å²) in [5.74, 6) is 1.56. The standard InChI is InChI=1S/C20H23F3O3S/c1-3-10-25-19-9-8-18(11-14(19)2)27-13-16(24)12-26-17-6-4-15(5-7-17)20(21,22)23/h4-9,11,16,24H,3,10,12-13H2,1-2H3/t16-/m0/s1. The Kier molecular flexibility index (Phi) is 7.86. The number of benzene rings is 2. The van der Waals surface area contributed by atoms with Gasteiger partial charge in [0.2, 0.25) is 0 Å². The Balaban J connectivity index is 1.79. The molecule has 0 saturated carbocycles. The van der Waals surface area contributed by atoms with Gasteiger partial charge < -0.3 is 14.6 Å². The minimum Gasteiger partial charge on any atom is -0.493 e. The van der Waals surface area contributed by atoms with Crippen LogP contribution in [0.5, 0.6) is 11.5 Å². The highest BCUT2D eigenvalue weighted by Crippen LogP contribution is 2.30. The van der Waals surface area contributed by atoms with Crippen molar-refractivity contribution in [1.82, 2.24) is 0 Å². The molecule has 0 aliphatic carbocycles. The first-order chi connectivity index (χ1) is 12.8. The molecule has 0 aliphatic heterocycles. The van der Waals surface area contributed by atoms with Gasteiger partial charge in [0.05, 0.1) is 18.3 Å².